The van der Waals surface area contributed by atoms with E-state index < -0.39 is 5.91 Å². The molecule has 0 aliphatic rings. The number of phenolic OH excluding ortho intramolecular Hbond substituents is 1. The minimum atomic E-state index is -0.492. The van der Waals surface area contributed by atoms with Crippen molar-refractivity contribution in [1.82, 2.24) is 0 Å². The van der Waals surface area contributed by atoms with Crippen LogP contribution in [0.5, 0.6) is 17.2 Å². The summed E-state index contributed by atoms with van der Waals surface area (Å²) >= 11 is 0. The van der Waals surface area contributed by atoms with Crippen LogP contribution in [0.15, 0.2) is 66.7 Å². The number of benzene rings is 3. The zero-order valence-electron chi connectivity index (χ0n) is 17.1. The quantitative estimate of drug-likeness (QED) is 0.384. The van der Waals surface area contributed by atoms with Gasteiger partial charge >= 0.3 is 0 Å². The van der Waals surface area contributed by atoms with E-state index in [1.807, 2.05) is 24.3 Å². The lowest BCUT2D eigenvalue weighted by atomic mass is 9.87. The van der Waals surface area contributed by atoms with Crippen molar-refractivity contribution < 1.29 is 19.4 Å². The monoisotopic (exact) mass is 404 g/mol. The first-order valence-corrected chi connectivity index (χ1v) is 9.50. The van der Waals surface area contributed by atoms with Crippen LogP contribution in [0.25, 0.3) is 0 Å². The number of anilines is 2. The highest BCUT2D eigenvalue weighted by Gasteiger charge is 2.15. The highest BCUT2D eigenvalue weighted by Crippen LogP contribution is 2.29. The molecule has 0 heterocycles. The van der Waals surface area contributed by atoms with Gasteiger partial charge in [0.25, 0.3) is 5.91 Å². The van der Waals surface area contributed by atoms with E-state index in [4.69, 9.17) is 4.74 Å². The maximum Gasteiger partial charge on any atom is 0.259 e. The lowest BCUT2D eigenvalue weighted by molar-refractivity contribution is -0.105. The molecule has 30 heavy (non-hydrogen) atoms. The fourth-order valence-corrected chi connectivity index (χ4v) is 2.87. The molecule has 6 nitrogen and oxygen atoms in total. The Morgan fingerprint density at radius 2 is 1.53 bits per heavy atom. The summed E-state index contributed by atoms with van der Waals surface area (Å²) < 4.78 is 5.86. The standard InChI is InChI=1S/C24H24N2O4/c1-24(2,3)16-7-11-18(12-8-16)30-19-13-9-17(10-14-19)26-23(29)20-5-4-6-21(22(20)28)25-15-27/h4-15,28H,1-3H3,(H,25,27)(H,26,29). The van der Waals surface area contributed by atoms with E-state index in [1.54, 1.807) is 30.3 Å². The Balaban J connectivity index is 1.67. The Labute approximate surface area is 175 Å². The molecule has 0 aromatic heterocycles. The highest BCUT2D eigenvalue weighted by molar-refractivity contribution is 6.07. The average molecular weight is 404 g/mol. The van der Waals surface area contributed by atoms with Gasteiger partial charge in [-0.1, -0.05) is 39.0 Å². The zero-order chi connectivity index (χ0) is 21.7. The third kappa shape index (κ3) is 4.97. The second-order valence-electron chi connectivity index (χ2n) is 7.82. The normalized spacial score (nSPS) is 10.9. The predicted octanol–water partition coefficient (Wildman–Crippen LogP) is 5.30. The van der Waals surface area contributed by atoms with E-state index in [1.165, 1.54) is 17.7 Å². The second kappa shape index (κ2) is 8.69. The van der Waals surface area contributed by atoms with E-state index in [0.29, 0.717) is 17.8 Å². The minimum Gasteiger partial charge on any atom is -0.505 e. The highest BCUT2D eigenvalue weighted by atomic mass is 16.5. The Kier molecular flexibility index (Phi) is 6.06. The van der Waals surface area contributed by atoms with E-state index in [9.17, 15) is 14.7 Å². The predicted molar refractivity (Wildman–Crippen MR) is 117 cm³/mol. The van der Waals surface area contributed by atoms with Crippen LogP contribution in [0.2, 0.25) is 0 Å². The van der Waals surface area contributed by atoms with Crippen molar-refractivity contribution in [2.75, 3.05) is 10.6 Å². The molecule has 3 rings (SSSR count). The molecule has 0 aliphatic carbocycles. The number of nitrogens with one attached hydrogen (secondary N) is 2. The molecule has 0 aliphatic heterocycles. The minimum absolute atomic E-state index is 0.0566. The molecular formula is C24H24N2O4. The molecule has 3 aromatic carbocycles. The summed E-state index contributed by atoms with van der Waals surface area (Å²) in [7, 11) is 0. The average Bonchev–Trinajstić information content (AvgIpc) is 2.71. The van der Waals surface area contributed by atoms with Gasteiger partial charge in [-0.25, -0.2) is 0 Å². The van der Waals surface area contributed by atoms with Gasteiger partial charge in [0.2, 0.25) is 6.41 Å². The SMILES string of the molecule is CC(C)(C)c1ccc(Oc2ccc(NC(=O)c3cccc(NC=O)c3O)cc2)cc1. The van der Waals surface area contributed by atoms with Gasteiger partial charge in [-0.3, -0.25) is 9.59 Å². The van der Waals surface area contributed by atoms with Crippen LogP contribution in [0.3, 0.4) is 0 Å². The summed E-state index contributed by atoms with van der Waals surface area (Å²) in [4.78, 5) is 23.0. The molecule has 6 heteroatoms. The number of para-hydroxylation sites is 1. The van der Waals surface area contributed by atoms with Crippen molar-refractivity contribution in [2.45, 2.75) is 26.2 Å². The van der Waals surface area contributed by atoms with E-state index in [0.717, 1.165) is 5.75 Å². The largest absolute Gasteiger partial charge is 0.505 e. The molecular weight excluding hydrogens is 380 g/mol. The first-order chi connectivity index (χ1) is 14.3. The first kappa shape index (κ1) is 20.9. The molecule has 0 spiro atoms. The van der Waals surface area contributed by atoms with Gasteiger partial charge < -0.3 is 20.5 Å². The smallest absolute Gasteiger partial charge is 0.259 e. The number of hydrogen-bond acceptors (Lipinski definition) is 4. The van der Waals surface area contributed by atoms with Crippen LogP contribution in [-0.2, 0) is 10.2 Å². The number of ether oxygens (including phenoxy) is 1. The maximum absolute atomic E-state index is 12.5. The molecule has 0 fully saturated rings. The zero-order valence-corrected chi connectivity index (χ0v) is 17.1. The number of rotatable bonds is 6. The fraction of sp³-hybridized carbons (Fsp3) is 0.167. The van der Waals surface area contributed by atoms with Gasteiger partial charge in [-0.2, -0.15) is 0 Å². The number of hydrogen-bond donors (Lipinski definition) is 3. The van der Waals surface area contributed by atoms with Crippen LogP contribution in [-0.4, -0.2) is 17.4 Å². The fourth-order valence-electron chi connectivity index (χ4n) is 2.87. The summed E-state index contributed by atoms with van der Waals surface area (Å²) in [6.45, 7) is 6.47. The molecule has 0 radical (unpaired) electrons. The van der Waals surface area contributed by atoms with Gasteiger partial charge in [0.1, 0.15) is 11.5 Å². The van der Waals surface area contributed by atoms with E-state index >= 15 is 0 Å². The van der Waals surface area contributed by atoms with Crippen molar-refractivity contribution in [1.29, 1.82) is 0 Å². The molecule has 3 aromatic rings. The number of carbonyl (C=O) groups is 2. The van der Waals surface area contributed by atoms with Crippen molar-refractivity contribution in [2.24, 2.45) is 0 Å². The number of carbonyl (C=O) groups excluding carboxylic acids is 2. The van der Waals surface area contributed by atoms with Crippen LogP contribution < -0.4 is 15.4 Å². The summed E-state index contributed by atoms with van der Waals surface area (Å²) in [5.41, 5.74) is 2.07. The van der Waals surface area contributed by atoms with Crippen molar-refractivity contribution in [3.05, 3.63) is 77.9 Å². The lowest BCUT2D eigenvalue weighted by Gasteiger charge is -2.19. The molecule has 0 atom stereocenters. The molecule has 0 saturated carbocycles. The summed E-state index contributed by atoms with van der Waals surface area (Å²) in [6.07, 6.45) is 0.437. The van der Waals surface area contributed by atoms with Crippen molar-refractivity contribution in [3.8, 4) is 17.2 Å². The summed E-state index contributed by atoms with van der Waals surface area (Å²) in [6, 6.07) is 19.4. The van der Waals surface area contributed by atoms with Gasteiger partial charge in [-0.15, -0.1) is 0 Å². The Morgan fingerprint density at radius 3 is 2.10 bits per heavy atom. The Morgan fingerprint density at radius 1 is 0.933 bits per heavy atom. The second-order valence-corrected chi connectivity index (χ2v) is 7.82. The topological polar surface area (TPSA) is 87.7 Å². The lowest BCUT2D eigenvalue weighted by Crippen LogP contribution is -2.12. The van der Waals surface area contributed by atoms with Gasteiger partial charge in [-0.05, 0) is 59.5 Å². The van der Waals surface area contributed by atoms with Gasteiger partial charge in [0, 0.05) is 5.69 Å². The Hall–Kier alpha value is -3.80. The van der Waals surface area contributed by atoms with Gasteiger partial charge in [0.15, 0.2) is 5.75 Å². The van der Waals surface area contributed by atoms with Crippen LogP contribution >= 0.6 is 0 Å². The summed E-state index contributed by atoms with van der Waals surface area (Å²) in [5, 5.41) is 15.2. The summed E-state index contributed by atoms with van der Waals surface area (Å²) in [5.74, 6) is 0.579. The van der Waals surface area contributed by atoms with Crippen LogP contribution in [0.4, 0.5) is 11.4 Å². The van der Waals surface area contributed by atoms with Crippen LogP contribution in [0.1, 0.15) is 36.7 Å². The van der Waals surface area contributed by atoms with Crippen molar-refractivity contribution in [3.63, 3.8) is 0 Å². The molecule has 0 bridgehead atoms. The maximum atomic E-state index is 12.5. The third-order valence-corrected chi connectivity index (χ3v) is 4.56. The van der Waals surface area contributed by atoms with Crippen LogP contribution in [0, 0.1) is 0 Å². The molecule has 0 unspecified atom stereocenters. The molecule has 2 amide bonds. The van der Waals surface area contributed by atoms with E-state index in [2.05, 4.69) is 31.4 Å². The van der Waals surface area contributed by atoms with Gasteiger partial charge in [0.05, 0.1) is 11.3 Å². The molecule has 3 N–H and O–H groups in total. The first-order valence-electron chi connectivity index (χ1n) is 9.50. The van der Waals surface area contributed by atoms with Crippen molar-refractivity contribution >= 4 is 23.7 Å². The molecule has 0 saturated heterocycles. The third-order valence-electron chi connectivity index (χ3n) is 4.56. The molecule has 154 valence electrons. The Bertz CT molecular complexity index is 1040. The number of amides is 2. The number of aromatic hydroxyl groups is 1. The van der Waals surface area contributed by atoms with E-state index in [-0.39, 0.29) is 22.4 Å². The number of phenols is 1.